The molecule has 0 aliphatic carbocycles. The average Bonchev–Trinajstić information content (AvgIpc) is 2.97. The van der Waals surface area contributed by atoms with Crippen molar-refractivity contribution >= 4 is 34.2 Å². The lowest BCUT2D eigenvalue weighted by atomic mass is 10.1. The van der Waals surface area contributed by atoms with Gasteiger partial charge in [-0.1, -0.05) is 41.9 Å². The Morgan fingerprint density at radius 2 is 2.00 bits per heavy atom. The van der Waals surface area contributed by atoms with Gasteiger partial charge in [0, 0.05) is 12.2 Å². The smallest absolute Gasteiger partial charge is 0.159 e. The first-order valence-electron chi connectivity index (χ1n) is 6.15. The maximum absolute atomic E-state index is 6.23. The minimum atomic E-state index is -0.0167. The third-order valence-corrected chi connectivity index (χ3v) is 4.71. The predicted octanol–water partition coefficient (Wildman–Crippen LogP) is 4.25. The molecule has 1 aliphatic rings. The highest BCUT2D eigenvalue weighted by Gasteiger charge is 2.23. The molecule has 0 N–H and O–H groups in total. The highest BCUT2D eigenvalue weighted by Crippen LogP contribution is 2.32. The summed E-state index contributed by atoms with van der Waals surface area (Å²) < 4.78 is 6.52. The van der Waals surface area contributed by atoms with Crippen LogP contribution in [0.2, 0.25) is 5.15 Å². The van der Waals surface area contributed by atoms with Crippen LogP contribution in [0.5, 0.6) is 0 Å². The summed E-state index contributed by atoms with van der Waals surface area (Å²) >= 11 is 8.42. The molecule has 1 saturated heterocycles. The summed E-state index contributed by atoms with van der Waals surface area (Å²) in [5.74, 6) is 0.696. The Hall–Kier alpha value is -0.720. The largest absolute Gasteiger partial charge is 0.370 e. The molecular weight excluding hydrogens is 375 g/mol. The van der Waals surface area contributed by atoms with Gasteiger partial charge < -0.3 is 4.74 Å². The first kappa shape index (κ1) is 13.3. The van der Waals surface area contributed by atoms with E-state index in [1.54, 1.807) is 0 Å². The van der Waals surface area contributed by atoms with Crippen LogP contribution in [-0.4, -0.2) is 16.6 Å². The third-order valence-electron chi connectivity index (χ3n) is 3.09. The SMILES string of the molecule is Clc1nc(C2CCCO2)nc(-c2ccccc2)c1I. The highest BCUT2D eigenvalue weighted by molar-refractivity contribution is 14.1. The first-order chi connectivity index (χ1) is 9.25. The van der Waals surface area contributed by atoms with Crippen LogP contribution in [0.4, 0.5) is 0 Å². The summed E-state index contributed by atoms with van der Waals surface area (Å²) in [6.07, 6.45) is 2.00. The molecule has 1 aliphatic heterocycles. The number of nitrogens with zero attached hydrogens (tertiary/aromatic N) is 2. The quantitative estimate of drug-likeness (QED) is 0.572. The molecule has 1 aromatic heterocycles. The molecule has 1 aromatic carbocycles. The lowest BCUT2D eigenvalue weighted by molar-refractivity contribution is 0.105. The summed E-state index contributed by atoms with van der Waals surface area (Å²) in [6, 6.07) is 10.0. The lowest BCUT2D eigenvalue weighted by Gasteiger charge is -2.12. The van der Waals surface area contributed by atoms with Gasteiger partial charge in [0.25, 0.3) is 0 Å². The Kier molecular flexibility index (Phi) is 4.00. The van der Waals surface area contributed by atoms with Crippen LogP contribution in [0.3, 0.4) is 0 Å². The van der Waals surface area contributed by atoms with Crippen molar-refractivity contribution in [1.29, 1.82) is 0 Å². The molecule has 19 heavy (non-hydrogen) atoms. The normalized spacial score (nSPS) is 18.7. The Morgan fingerprint density at radius 1 is 1.21 bits per heavy atom. The number of ether oxygens (including phenoxy) is 1. The molecule has 1 atom stereocenters. The molecule has 2 heterocycles. The second-order valence-corrected chi connectivity index (χ2v) is 5.84. The fourth-order valence-corrected chi connectivity index (χ4v) is 2.88. The summed E-state index contributed by atoms with van der Waals surface area (Å²) in [5.41, 5.74) is 1.93. The number of hydrogen-bond acceptors (Lipinski definition) is 3. The average molecular weight is 387 g/mol. The number of halogens is 2. The van der Waals surface area contributed by atoms with Crippen molar-refractivity contribution in [2.45, 2.75) is 18.9 Å². The maximum atomic E-state index is 6.23. The molecule has 0 saturated carbocycles. The van der Waals surface area contributed by atoms with Gasteiger partial charge >= 0.3 is 0 Å². The number of rotatable bonds is 2. The summed E-state index contributed by atoms with van der Waals surface area (Å²) in [4.78, 5) is 9.02. The zero-order chi connectivity index (χ0) is 13.2. The molecule has 0 bridgehead atoms. The molecule has 1 unspecified atom stereocenters. The van der Waals surface area contributed by atoms with Crippen LogP contribution in [0.1, 0.15) is 24.8 Å². The number of aromatic nitrogens is 2. The van der Waals surface area contributed by atoms with E-state index in [-0.39, 0.29) is 6.10 Å². The minimum absolute atomic E-state index is 0.0167. The second-order valence-electron chi connectivity index (χ2n) is 4.40. The van der Waals surface area contributed by atoms with E-state index in [0.29, 0.717) is 11.0 Å². The van der Waals surface area contributed by atoms with Crippen molar-refractivity contribution in [2.75, 3.05) is 6.61 Å². The molecule has 1 fully saturated rings. The van der Waals surface area contributed by atoms with Gasteiger partial charge in [0.2, 0.25) is 0 Å². The molecule has 0 spiro atoms. The highest BCUT2D eigenvalue weighted by atomic mass is 127. The van der Waals surface area contributed by atoms with Crippen LogP contribution >= 0.6 is 34.2 Å². The monoisotopic (exact) mass is 386 g/mol. The van der Waals surface area contributed by atoms with Gasteiger partial charge in [0.15, 0.2) is 5.82 Å². The van der Waals surface area contributed by atoms with Gasteiger partial charge in [-0.2, -0.15) is 0 Å². The Morgan fingerprint density at radius 3 is 2.68 bits per heavy atom. The number of hydrogen-bond donors (Lipinski definition) is 0. The van der Waals surface area contributed by atoms with Crippen LogP contribution in [0.25, 0.3) is 11.3 Å². The van der Waals surface area contributed by atoms with Crippen molar-refractivity contribution < 1.29 is 4.74 Å². The van der Waals surface area contributed by atoms with Crippen LogP contribution in [0, 0.1) is 3.57 Å². The van der Waals surface area contributed by atoms with Crippen molar-refractivity contribution in [3.63, 3.8) is 0 Å². The Balaban J connectivity index is 2.08. The summed E-state index contributed by atoms with van der Waals surface area (Å²) in [7, 11) is 0. The van der Waals surface area contributed by atoms with E-state index >= 15 is 0 Å². The predicted molar refractivity (Wildman–Crippen MR) is 83.1 cm³/mol. The standard InChI is InChI=1S/C14H12ClIN2O/c15-13-11(16)12(9-5-2-1-3-6-9)17-14(18-13)10-7-4-8-19-10/h1-3,5-6,10H,4,7-8H2. The molecule has 0 radical (unpaired) electrons. The Bertz CT molecular complexity index is 585. The van der Waals surface area contributed by atoms with E-state index in [2.05, 4.69) is 32.6 Å². The molecule has 98 valence electrons. The van der Waals surface area contributed by atoms with E-state index in [9.17, 15) is 0 Å². The van der Waals surface area contributed by atoms with Crippen LogP contribution in [0.15, 0.2) is 30.3 Å². The van der Waals surface area contributed by atoms with Crippen molar-refractivity contribution in [3.05, 3.63) is 44.9 Å². The van der Waals surface area contributed by atoms with Gasteiger partial charge in [0.1, 0.15) is 11.3 Å². The third kappa shape index (κ3) is 2.75. The topological polar surface area (TPSA) is 35.0 Å². The van der Waals surface area contributed by atoms with Crippen LogP contribution in [-0.2, 0) is 4.74 Å². The van der Waals surface area contributed by atoms with Crippen molar-refractivity contribution in [1.82, 2.24) is 9.97 Å². The van der Waals surface area contributed by atoms with Gasteiger partial charge in [-0.05, 0) is 35.4 Å². The fourth-order valence-electron chi connectivity index (χ4n) is 2.15. The molecular formula is C14H12ClIN2O. The zero-order valence-corrected chi connectivity index (χ0v) is 13.1. The first-order valence-corrected chi connectivity index (χ1v) is 7.61. The van der Waals surface area contributed by atoms with E-state index in [1.807, 2.05) is 30.3 Å². The fraction of sp³-hybridized carbons (Fsp3) is 0.286. The molecule has 3 rings (SSSR count). The second kappa shape index (κ2) is 5.73. The Labute approximate surface area is 130 Å². The minimum Gasteiger partial charge on any atom is -0.370 e. The summed E-state index contributed by atoms with van der Waals surface area (Å²) in [5, 5.41) is 0.500. The molecule has 0 amide bonds. The molecule has 3 nitrogen and oxygen atoms in total. The molecule has 5 heteroatoms. The van der Waals surface area contributed by atoms with E-state index in [0.717, 1.165) is 34.3 Å². The molecule has 2 aromatic rings. The maximum Gasteiger partial charge on any atom is 0.159 e. The van der Waals surface area contributed by atoms with E-state index < -0.39 is 0 Å². The summed E-state index contributed by atoms with van der Waals surface area (Å²) in [6.45, 7) is 0.776. The number of benzene rings is 1. The van der Waals surface area contributed by atoms with Crippen molar-refractivity contribution in [3.8, 4) is 11.3 Å². The zero-order valence-electron chi connectivity index (χ0n) is 10.1. The van der Waals surface area contributed by atoms with Crippen LogP contribution < -0.4 is 0 Å². The van der Waals surface area contributed by atoms with Gasteiger partial charge in [0.05, 0.1) is 9.26 Å². The van der Waals surface area contributed by atoms with Crippen molar-refractivity contribution in [2.24, 2.45) is 0 Å². The van der Waals surface area contributed by atoms with Gasteiger partial charge in [-0.3, -0.25) is 0 Å². The van der Waals surface area contributed by atoms with E-state index in [4.69, 9.17) is 16.3 Å². The van der Waals surface area contributed by atoms with Gasteiger partial charge in [-0.25, -0.2) is 9.97 Å². The van der Waals surface area contributed by atoms with E-state index in [1.165, 1.54) is 0 Å². The van der Waals surface area contributed by atoms with Gasteiger partial charge in [-0.15, -0.1) is 0 Å². The lowest BCUT2D eigenvalue weighted by Crippen LogP contribution is -2.06.